The fourth-order valence-electron chi connectivity index (χ4n) is 2.07. The van der Waals surface area contributed by atoms with Gasteiger partial charge in [-0.3, -0.25) is 0 Å². The van der Waals surface area contributed by atoms with Gasteiger partial charge in [-0.2, -0.15) is 0 Å². The zero-order valence-electron chi connectivity index (χ0n) is 14.0. The molecule has 1 saturated heterocycles. The van der Waals surface area contributed by atoms with Gasteiger partial charge in [0.15, 0.2) is 0 Å². The minimum absolute atomic E-state index is 0.458. The van der Waals surface area contributed by atoms with Crippen molar-refractivity contribution in [1.82, 2.24) is 10.6 Å². The lowest BCUT2D eigenvalue weighted by molar-refractivity contribution is -0.0484. The molecule has 0 spiro atoms. The molecular weight excluding hydrogens is 260 g/mol. The predicted molar refractivity (Wildman–Crippen MR) is 90.7 cm³/mol. The normalized spacial score (nSPS) is 16.8. The quantitative estimate of drug-likeness (QED) is 0.722. The van der Waals surface area contributed by atoms with Crippen LogP contribution < -0.4 is 10.6 Å². The lowest BCUT2D eigenvalue weighted by Crippen LogP contribution is -2.36. The van der Waals surface area contributed by atoms with Crippen molar-refractivity contribution in [2.75, 3.05) is 26.2 Å². The first-order valence-electron chi connectivity index (χ1n) is 8.40. The third-order valence-corrected chi connectivity index (χ3v) is 3.60. The van der Waals surface area contributed by atoms with Crippen LogP contribution in [0.5, 0.6) is 0 Å². The van der Waals surface area contributed by atoms with E-state index < -0.39 is 0 Å². The van der Waals surface area contributed by atoms with E-state index in [1.165, 1.54) is 24.0 Å². The summed E-state index contributed by atoms with van der Waals surface area (Å²) < 4.78 is 5.34. The summed E-state index contributed by atoms with van der Waals surface area (Å²) in [6, 6.07) is 8.81. The highest BCUT2D eigenvalue weighted by Gasteiger charge is 2.16. The minimum atomic E-state index is 0.458. The van der Waals surface area contributed by atoms with Gasteiger partial charge in [-0.1, -0.05) is 45.0 Å². The molecule has 1 heterocycles. The van der Waals surface area contributed by atoms with Gasteiger partial charge in [-0.05, 0) is 43.5 Å². The van der Waals surface area contributed by atoms with Crippen molar-refractivity contribution in [2.24, 2.45) is 0 Å². The van der Waals surface area contributed by atoms with E-state index >= 15 is 0 Å². The van der Waals surface area contributed by atoms with Gasteiger partial charge in [0.05, 0.1) is 6.10 Å². The van der Waals surface area contributed by atoms with Crippen LogP contribution in [0.2, 0.25) is 0 Å². The molecule has 2 rings (SSSR count). The van der Waals surface area contributed by atoms with Gasteiger partial charge in [0.1, 0.15) is 0 Å². The number of ether oxygens (including phenoxy) is 1. The zero-order chi connectivity index (χ0) is 15.3. The summed E-state index contributed by atoms with van der Waals surface area (Å²) in [5, 5.41) is 6.61. The molecule has 1 aromatic carbocycles. The second kappa shape index (κ2) is 11.7. The minimum Gasteiger partial charge on any atom is -0.377 e. The van der Waals surface area contributed by atoms with Crippen LogP contribution in [-0.2, 0) is 17.7 Å². The van der Waals surface area contributed by atoms with Crippen LogP contribution in [0.25, 0.3) is 0 Å². The maximum absolute atomic E-state index is 5.34. The highest BCUT2D eigenvalue weighted by molar-refractivity contribution is 5.22. The molecule has 0 amide bonds. The molecule has 1 unspecified atom stereocenters. The largest absolute Gasteiger partial charge is 0.377 e. The third-order valence-electron chi connectivity index (χ3n) is 3.60. The molecule has 0 bridgehead atoms. The molecule has 2 N–H and O–H groups in total. The molecule has 0 saturated carbocycles. The van der Waals surface area contributed by atoms with Gasteiger partial charge < -0.3 is 15.4 Å². The number of benzene rings is 1. The number of hydrogen-bond acceptors (Lipinski definition) is 3. The Morgan fingerprint density at radius 1 is 1.05 bits per heavy atom. The van der Waals surface area contributed by atoms with E-state index in [9.17, 15) is 0 Å². The average molecular weight is 292 g/mol. The van der Waals surface area contributed by atoms with Gasteiger partial charge in [0.25, 0.3) is 0 Å². The monoisotopic (exact) mass is 292 g/mol. The Morgan fingerprint density at radius 2 is 1.71 bits per heavy atom. The van der Waals surface area contributed by atoms with Gasteiger partial charge in [-0.15, -0.1) is 0 Å². The van der Waals surface area contributed by atoms with Crippen molar-refractivity contribution in [3.8, 4) is 0 Å². The summed E-state index contributed by atoms with van der Waals surface area (Å²) >= 11 is 0. The van der Waals surface area contributed by atoms with Gasteiger partial charge >= 0.3 is 0 Å². The first kappa shape index (κ1) is 18.1. The first-order valence-corrected chi connectivity index (χ1v) is 8.40. The van der Waals surface area contributed by atoms with Gasteiger partial charge in [0, 0.05) is 19.7 Å². The zero-order valence-corrected chi connectivity index (χ0v) is 14.0. The Hall–Kier alpha value is -0.900. The lowest BCUT2D eigenvalue weighted by atomic mass is 10.1. The molecule has 1 atom stereocenters. The smallest absolute Gasteiger partial charge is 0.0721 e. The van der Waals surface area contributed by atoms with Crippen molar-refractivity contribution in [1.29, 1.82) is 0 Å². The maximum atomic E-state index is 5.34. The number of hydrogen-bond donors (Lipinski definition) is 2. The second-order valence-electron chi connectivity index (χ2n) is 5.44. The van der Waals surface area contributed by atoms with Gasteiger partial charge in [0.2, 0.25) is 0 Å². The Kier molecular flexibility index (Phi) is 10.1. The van der Waals surface area contributed by atoms with Gasteiger partial charge in [-0.25, -0.2) is 0 Å². The summed E-state index contributed by atoms with van der Waals surface area (Å²) in [4.78, 5) is 0. The summed E-state index contributed by atoms with van der Waals surface area (Å²) in [6.45, 7) is 11.6. The maximum Gasteiger partial charge on any atom is 0.0721 e. The molecule has 3 nitrogen and oxygen atoms in total. The molecule has 0 aliphatic carbocycles. The lowest BCUT2D eigenvalue weighted by Gasteiger charge is -2.26. The van der Waals surface area contributed by atoms with E-state index in [1.807, 2.05) is 0 Å². The summed E-state index contributed by atoms with van der Waals surface area (Å²) in [5.74, 6) is 0. The van der Waals surface area contributed by atoms with Crippen LogP contribution in [0.3, 0.4) is 0 Å². The molecule has 1 aliphatic heterocycles. The molecule has 1 aliphatic rings. The van der Waals surface area contributed by atoms with Crippen LogP contribution in [-0.4, -0.2) is 32.3 Å². The molecule has 3 heteroatoms. The predicted octanol–water partition coefficient (Wildman–Crippen LogP) is 3.13. The first-order chi connectivity index (χ1) is 10.3. The van der Waals surface area contributed by atoms with E-state index in [1.54, 1.807) is 0 Å². The summed E-state index contributed by atoms with van der Waals surface area (Å²) in [7, 11) is 0. The van der Waals surface area contributed by atoms with E-state index in [2.05, 4.69) is 55.7 Å². The van der Waals surface area contributed by atoms with Crippen LogP contribution in [0.15, 0.2) is 24.3 Å². The molecule has 21 heavy (non-hydrogen) atoms. The van der Waals surface area contributed by atoms with Crippen molar-refractivity contribution in [2.45, 2.75) is 52.7 Å². The molecule has 1 fully saturated rings. The van der Waals surface area contributed by atoms with Crippen LogP contribution in [0.4, 0.5) is 0 Å². The van der Waals surface area contributed by atoms with Crippen LogP contribution in [0.1, 0.15) is 44.7 Å². The fourth-order valence-corrected chi connectivity index (χ4v) is 2.07. The highest BCUT2D eigenvalue weighted by Crippen LogP contribution is 2.09. The topological polar surface area (TPSA) is 33.3 Å². The number of aryl methyl sites for hydroxylation is 1. The van der Waals surface area contributed by atoms with E-state index in [4.69, 9.17) is 4.74 Å². The third kappa shape index (κ3) is 8.20. The molecule has 0 aromatic heterocycles. The van der Waals surface area contributed by atoms with Crippen molar-refractivity contribution >= 4 is 0 Å². The van der Waals surface area contributed by atoms with Crippen LogP contribution in [0, 0.1) is 0 Å². The SMILES string of the molecule is CCCNCC.CCc1ccc(CNCC2CCO2)cc1. The van der Waals surface area contributed by atoms with E-state index in [0.717, 1.165) is 39.2 Å². The molecule has 0 radical (unpaired) electrons. The number of rotatable bonds is 8. The van der Waals surface area contributed by atoms with Crippen LogP contribution >= 0.6 is 0 Å². The van der Waals surface area contributed by atoms with Crippen molar-refractivity contribution in [3.63, 3.8) is 0 Å². The number of nitrogens with one attached hydrogen (secondary N) is 2. The van der Waals surface area contributed by atoms with E-state index in [-0.39, 0.29) is 0 Å². The fraction of sp³-hybridized carbons (Fsp3) is 0.667. The Morgan fingerprint density at radius 3 is 2.14 bits per heavy atom. The van der Waals surface area contributed by atoms with E-state index in [0.29, 0.717) is 6.10 Å². The second-order valence-corrected chi connectivity index (χ2v) is 5.44. The summed E-state index contributed by atoms with van der Waals surface area (Å²) in [6.07, 6.45) is 4.03. The molecule has 120 valence electrons. The Labute approximate surface area is 130 Å². The molecular formula is C18H32N2O. The Balaban J connectivity index is 0.000000315. The standard InChI is InChI=1S/C13H19NO.C5H13N/c1-2-11-3-5-12(6-4-11)9-14-10-13-7-8-15-13;1-3-5-6-4-2/h3-6,13-14H,2,7-10H2,1H3;6H,3-5H2,1-2H3. The Bertz CT molecular complexity index is 343. The average Bonchev–Trinajstić information content (AvgIpc) is 2.49. The molecule has 1 aromatic rings. The van der Waals surface area contributed by atoms with Crippen molar-refractivity contribution in [3.05, 3.63) is 35.4 Å². The summed E-state index contributed by atoms with van der Waals surface area (Å²) in [5.41, 5.74) is 2.76. The van der Waals surface area contributed by atoms with Crippen molar-refractivity contribution < 1.29 is 4.74 Å². The highest BCUT2D eigenvalue weighted by atomic mass is 16.5.